The van der Waals surface area contributed by atoms with E-state index in [0.717, 1.165) is 5.01 Å². The summed E-state index contributed by atoms with van der Waals surface area (Å²) in [4.78, 5) is 18.7. The van der Waals surface area contributed by atoms with E-state index in [-0.39, 0.29) is 24.7 Å². The van der Waals surface area contributed by atoms with Crippen LogP contribution in [0.3, 0.4) is 0 Å². The van der Waals surface area contributed by atoms with E-state index in [1.165, 1.54) is 11.3 Å². The Hall–Kier alpha value is -0.980. The lowest BCUT2D eigenvalue weighted by Crippen LogP contribution is -2.51. The van der Waals surface area contributed by atoms with E-state index in [0.29, 0.717) is 18.0 Å². The highest BCUT2D eigenvalue weighted by Gasteiger charge is 2.30. The number of hydrogen-bond donors (Lipinski definition) is 1. The quantitative estimate of drug-likeness (QED) is 0.845. The molecular formula is C11H16N2O3S. The second-order valence-electron chi connectivity index (χ2n) is 4.19. The van der Waals surface area contributed by atoms with Crippen LogP contribution in [0.15, 0.2) is 6.20 Å². The monoisotopic (exact) mass is 256 g/mol. The highest BCUT2D eigenvalue weighted by molar-refractivity contribution is 7.13. The van der Waals surface area contributed by atoms with Crippen molar-refractivity contribution in [2.24, 2.45) is 0 Å². The largest absolute Gasteiger partial charge is 0.394 e. The van der Waals surface area contributed by atoms with Crippen LogP contribution in [-0.4, -0.2) is 52.8 Å². The van der Waals surface area contributed by atoms with Crippen LogP contribution in [0.5, 0.6) is 0 Å². The molecule has 0 radical (unpaired) electrons. The Morgan fingerprint density at radius 2 is 2.53 bits per heavy atom. The maximum Gasteiger partial charge on any atom is 0.265 e. The number of thiazole rings is 1. The van der Waals surface area contributed by atoms with Gasteiger partial charge >= 0.3 is 0 Å². The molecule has 0 bridgehead atoms. The fraction of sp³-hybridized carbons (Fsp3) is 0.636. The number of morpholine rings is 1. The fourth-order valence-electron chi connectivity index (χ4n) is 1.81. The summed E-state index contributed by atoms with van der Waals surface area (Å²) in [5.74, 6) is -0.0233. The summed E-state index contributed by atoms with van der Waals surface area (Å²) >= 11 is 1.39. The van der Waals surface area contributed by atoms with Gasteiger partial charge in [0.05, 0.1) is 36.6 Å². The first-order valence-electron chi connectivity index (χ1n) is 5.57. The van der Waals surface area contributed by atoms with Gasteiger partial charge in [-0.1, -0.05) is 0 Å². The first kappa shape index (κ1) is 12.5. The summed E-state index contributed by atoms with van der Waals surface area (Å²) in [7, 11) is 0. The minimum Gasteiger partial charge on any atom is -0.394 e. The molecule has 1 N–H and O–H groups in total. The van der Waals surface area contributed by atoms with Crippen molar-refractivity contribution < 1.29 is 14.6 Å². The van der Waals surface area contributed by atoms with Crippen molar-refractivity contribution in [3.05, 3.63) is 16.1 Å². The van der Waals surface area contributed by atoms with E-state index in [4.69, 9.17) is 9.84 Å². The van der Waals surface area contributed by atoms with Gasteiger partial charge in [-0.15, -0.1) is 11.3 Å². The molecule has 0 saturated carbocycles. The van der Waals surface area contributed by atoms with Crippen molar-refractivity contribution in [3.63, 3.8) is 0 Å². The molecule has 6 heteroatoms. The van der Waals surface area contributed by atoms with Crippen LogP contribution in [0.1, 0.15) is 21.6 Å². The molecule has 2 atom stereocenters. The standard InChI is InChI=1S/C11H16N2O3S/c1-7-6-16-9(5-14)4-13(7)11(15)10-3-12-8(2)17-10/h3,7,9,14H,4-6H2,1-2H3. The third-order valence-corrected chi connectivity index (χ3v) is 3.70. The number of ether oxygens (including phenoxy) is 1. The Morgan fingerprint density at radius 3 is 3.12 bits per heavy atom. The minimum atomic E-state index is -0.274. The fourth-order valence-corrected chi connectivity index (χ4v) is 2.55. The summed E-state index contributed by atoms with van der Waals surface area (Å²) in [6.07, 6.45) is 1.34. The van der Waals surface area contributed by atoms with Crippen molar-refractivity contribution in [3.8, 4) is 0 Å². The van der Waals surface area contributed by atoms with Crippen LogP contribution in [0.4, 0.5) is 0 Å². The maximum absolute atomic E-state index is 12.2. The SMILES string of the molecule is Cc1ncc(C(=O)N2CC(CO)OCC2C)s1. The average molecular weight is 256 g/mol. The van der Waals surface area contributed by atoms with Gasteiger partial charge in [0.15, 0.2) is 0 Å². The molecule has 2 heterocycles. The molecule has 1 aliphatic heterocycles. The average Bonchev–Trinajstić information content (AvgIpc) is 2.76. The van der Waals surface area contributed by atoms with Gasteiger partial charge in [-0.25, -0.2) is 4.98 Å². The van der Waals surface area contributed by atoms with E-state index in [2.05, 4.69) is 4.98 Å². The van der Waals surface area contributed by atoms with E-state index >= 15 is 0 Å². The van der Waals surface area contributed by atoms with E-state index in [9.17, 15) is 4.79 Å². The summed E-state index contributed by atoms with van der Waals surface area (Å²) < 4.78 is 5.40. The molecule has 0 spiro atoms. The first-order chi connectivity index (χ1) is 8.11. The number of aliphatic hydroxyl groups excluding tert-OH is 1. The van der Waals surface area contributed by atoms with Gasteiger partial charge in [0.25, 0.3) is 5.91 Å². The predicted molar refractivity (Wildman–Crippen MR) is 64.2 cm³/mol. The zero-order valence-electron chi connectivity index (χ0n) is 9.92. The molecule has 17 heavy (non-hydrogen) atoms. The summed E-state index contributed by atoms with van der Waals surface area (Å²) in [5.41, 5.74) is 0. The molecule has 94 valence electrons. The van der Waals surface area contributed by atoms with Crippen LogP contribution in [0.25, 0.3) is 0 Å². The molecule has 1 aliphatic rings. The molecule has 2 rings (SSSR count). The lowest BCUT2D eigenvalue weighted by molar-refractivity contribution is -0.0666. The third kappa shape index (κ3) is 2.65. The summed E-state index contributed by atoms with van der Waals surface area (Å²) in [5, 5.41) is 9.96. The summed E-state index contributed by atoms with van der Waals surface area (Å²) in [6, 6.07) is 0.0349. The number of nitrogens with zero attached hydrogens (tertiary/aromatic N) is 2. The zero-order valence-corrected chi connectivity index (χ0v) is 10.7. The van der Waals surface area contributed by atoms with Gasteiger partial charge < -0.3 is 14.7 Å². The zero-order chi connectivity index (χ0) is 12.4. The second kappa shape index (κ2) is 5.12. The van der Waals surface area contributed by atoms with Gasteiger partial charge in [-0.3, -0.25) is 4.79 Å². The number of rotatable bonds is 2. The Morgan fingerprint density at radius 1 is 1.76 bits per heavy atom. The Bertz CT molecular complexity index is 407. The van der Waals surface area contributed by atoms with Gasteiger partial charge in [0.2, 0.25) is 0 Å². The molecule has 1 fully saturated rings. The van der Waals surface area contributed by atoms with Gasteiger partial charge in [0, 0.05) is 6.54 Å². The number of carbonyl (C=O) groups is 1. The van der Waals surface area contributed by atoms with Crippen LogP contribution in [0.2, 0.25) is 0 Å². The topological polar surface area (TPSA) is 62.7 Å². The van der Waals surface area contributed by atoms with E-state index in [1.54, 1.807) is 11.1 Å². The number of aliphatic hydroxyl groups is 1. The van der Waals surface area contributed by atoms with Gasteiger partial charge in [-0.2, -0.15) is 0 Å². The Labute approximate surface area is 104 Å². The maximum atomic E-state index is 12.2. The van der Waals surface area contributed by atoms with Crippen molar-refractivity contribution in [1.29, 1.82) is 0 Å². The van der Waals surface area contributed by atoms with Crippen LogP contribution in [-0.2, 0) is 4.74 Å². The Balaban J connectivity index is 2.12. The van der Waals surface area contributed by atoms with Crippen molar-refractivity contribution in [2.75, 3.05) is 19.8 Å². The van der Waals surface area contributed by atoms with E-state index < -0.39 is 0 Å². The molecule has 1 saturated heterocycles. The number of amides is 1. The molecule has 0 aromatic carbocycles. The lowest BCUT2D eigenvalue weighted by Gasteiger charge is -2.37. The van der Waals surface area contributed by atoms with Crippen LogP contribution < -0.4 is 0 Å². The highest BCUT2D eigenvalue weighted by Crippen LogP contribution is 2.19. The van der Waals surface area contributed by atoms with Gasteiger partial charge in [-0.05, 0) is 13.8 Å². The number of carbonyl (C=O) groups excluding carboxylic acids is 1. The Kier molecular flexibility index (Phi) is 3.76. The molecule has 1 amide bonds. The molecule has 1 aromatic heterocycles. The first-order valence-corrected chi connectivity index (χ1v) is 6.39. The van der Waals surface area contributed by atoms with Crippen molar-refractivity contribution in [1.82, 2.24) is 9.88 Å². The smallest absolute Gasteiger partial charge is 0.265 e. The molecule has 0 aliphatic carbocycles. The van der Waals surface area contributed by atoms with Crippen LogP contribution >= 0.6 is 11.3 Å². The van der Waals surface area contributed by atoms with Gasteiger partial charge in [0.1, 0.15) is 4.88 Å². The minimum absolute atomic E-state index is 0.0233. The number of aromatic nitrogens is 1. The summed E-state index contributed by atoms with van der Waals surface area (Å²) in [6.45, 7) is 4.67. The predicted octanol–water partition coefficient (Wildman–Crippen LogP) is 0.673. The second-order valence-corrected chi connectivity index (χ2v) is 5.42. The number of aryl methyl sites for hydroxylation is 1. The highest BCUT2D eigenvalue weighted by atomic mass is 32.1. The number of hydrogen-bond acceptors (Lipinski definition) is 5. The third-order valence-electron chi connectivity index (χ3n) is 2.80. The molecule has 2 unspecified atom stereocenters. The van der Waals surface area contributed by atoms with Crippen molar-refractivity contribution in [2.45, 2.75) is 26.0 Å². The normalized spacial score (nSPS) is 25.0. The lowest BCUT2D eigenvalue weighted by atomic mass is 10.2. The molecular weight excluding hydrogens is 240 g/mol. The molecule has 1 aromatic rings. The van der Waals surface area contributed by atoms with Crippen molar-refractivity contribution >= 4 is 17.2 Å². The van der Waals surface area contributed by atoms with Crippen LogP contribution in [0, 0.1) is 6.92 Å². The molecule has 5 nitrogen and oxygen atoms in total. The van der Waals surface area contributed by atoms with E-state index in [1.807, 2.05) is 13.8 Å².